The molecular weight excluding hydrogens is 446 g/mol. The van der Waals surface area contributed by atoms with Crippen LogP contribution in [0, 0.1) is 6.92 Å². The fourth-order valence-corrected chi connectivity index (χ4v) is 4.22. The molecule has 0 spiro atoms. The van der Waals surface area contributed by atoms with Gasteiger partial charge >= 0.3 is 6.03 Å². The summed E-state index contributed by atoms with van der Waals surface area (Å²) in [5.74, 6) is 1.12. The van der Waals surface area contributed by atoms with Crippen LogP contribution in [-0.2, 0) is 9.53 Å². The Balaban J connectivity index is 1.73. The highest BCUT2D eigenvalue weighted by molar-refractivity contribution is 5.97. The molecule has 0 aliphatic carbocycles. The molecule has 35 heavy (non-hydrogen) atoms. The number of morpholine rings is 1. The maximum atomic E-state index is 13.5. The minimum absolute atomic E-state index is 0.0816. The van der Waals surface area contributed by atoms with E-state index in [-0.39, 0.29) is 30.3 Å². The molecule has 192 valence electrons. The zero-order valence-electron chi connectivity index (χ0n) is 21.6. The smallest absolute Gasteiger partial charge is 0.322 e. The molecule has 9 heteroatoms. The quantitative estimate of drug-likeness (QED) is 0.517. The van der Waals surface area contributed by atoms with E-state index in [0.717, 1.165) is 56.1 Å². The third-order valence-electron chi connectivity index (χ3n) is 6.13. The number of amides is 3. The summed E-state index contributed by atoms with van der Waals surface area (Å²) in [6, 6.07) is 7.50. The van der Waals surface area contributed by atoms with Crippen molar-refractivity contribution in [3.05, 3.63) is 41.2 Å². The molecule has 0 saturated carbocycles. The van der Waals surface area contributed by atoms with Gasteiger partial charge in [-0.25, -0.2) is 4.79 Å². The van der Waals surface area contributed by atoms with Crippen LogP contribution in [0.2, 0.25) is 0 Å². The Hall–Kier alpha value is -2.91. The second-order valence-corrected chi connectivity index (χ2v) is 9.65. The largest absolute Gasteiger partial charge is 0.379 e. The summed E-state index contributed by atoms with van der Waals surface area (Å²) < 4.78 is 10.4. The number of para-hydroxylation sites is 1. The predicted octanol–water partition coefficient (Wildman–Crippen LogP) is 4.42. The van der Waals surface area contributed by atoms with Gasteiger partial charge in [-0.3, -0.25) is 9.69 Å². The number of ether oxygens (including phenoxy) is 1. The van der Waals surface area contributed by atoms with E-state index in [0.29, 0.717) is 18.1 Å². The van der Waals surface area contributed by atoms with Crippen molar-refractivity contribution >= 4 is 23.4 Å². The molecule has 1 aromatic carbocycles. The van der Waals surface area contributed by atoms with E-state index in [2.05, 4.69) is 60.5 Å². The van der Waals surface area contributed by atoms with Crippen molar-refractivity contribution in [1.29, 1.82) is 0 Å². The van der Waals surface area contributed by atoms with E-state index in [1.165, 1.54) is 0 Å². The predicted molar refractivity (Wildman–Crippen MR) is 137 cm³/mol. The lowest BCUT2D eigenvalue weighted by molar-refractivity contribution is -0.116. The molecule has 0 atom stereocenters. The van der Waals surface area contributed by atoms with Gasteiger partial charge in [0.05, 0.1) is 13.2 Å². The molecular formula is C26H39N5O4. The number of benzene rings is 1. The highest BCUT2D eigenvalue weighted by Gasteiger charge is 2.22. The van der Waals surface area contributed by atoms with Gasteiger partial charge < -0.3 is 24.8 Å². The lowest BCUT2D eigenvalue weighted by atomic mass is 9.93. The molecule has 2 aromatic rings. The number of rotatable bonds is 10. The fraction of sp³-hybridized carbons (Fsp3) is 0.577. The van der Waals surface area contributed by atoms with E-state index in [1.807, 2.05) is 6.07 Å². The maximum absolute atomic E-state index is 13.5. The molecule has 3 amide bonds. The minimum atomic E-state index is -0.318. The molecule has 0 radical (unpaired) electrons. The first kappa shape index (κ1) is 26.7. The lowest BCUT2D eigenvalue weighted by Gasteiger charge is -2.29. The summed E-state index contributed by atoms with van der Waals surface area (Å²) in [6.45, 7) is 14.7. The van der Waals surface area contributed by atoms with Gasteiger partial charge in [0.25, 0.3) is 0 Å². The van der Waals surface area contributed by atoms with Crippen LogP contribution in [0.15, 0.2) is 28.8 Å². The van der Waals surface area contributed by atoms with Gasteiger partial charge in [-0.15, -0.1) is 0 Å². The van der Waals surface area contributed by atoms with Gasteiger partial charge in [0.1, 0.15) is 12.3 Å². The molecule has 0 unspecified atom stereocenters. The van der Waals surface area contributed by atoms with Crippen LogP contribution < -0.4 is 10.6 Å². The van der Waals surface area contributed by atoms with E-state index in [9.17, 15) is 9.59 Å². The van der Waals surface area contributed by atoms with Gasteiger partial charge in [-0.1, -0.05) is 51.1 Å². The minimum Gasteiger partial charge on any atom is -0.379 e. The lowest BCUT2D eigenvalue weighted by Crippen LogP contribution is -2.43. The summed E-state index contributed by atoms with van der Waals surface area (Å²) in [4.78, 5) is 30.2. The highest BCUT2D eigenvalue weighted by atomic mass is 16.5. The van der Waals surface area contributed by atoms with Gasteiger partial charge in [-0.2, -0.15) is 0 Å². The van der Waals surface area contributed by atoms with E-state index >= 15 is 0 Å². The van der Waals surface area contributed by atoms with Gasteiger partial charge in [-0.05, 0) is 36.3 Å². The summed E-state index contributed by atoms with van der Waals surface area (Å²) in [7, 11) is 0. The summed E-state index contributed by atoms with van der Waals surface area (Å²) in [6.07, 6.45) is 0.757. The SMILES string of the molecule is Cc1cc(NC(=O)CN(CCCN2CCOCC2)C(=O)Nc2c(C(C)C)cccc2C(C)C)no1. The molecule has 0 bridgehead atoms. The number of nitrogens with zero attached hydrogens (tertiary/aromatic N) is 3. The molecule has 1 aromatic heterocycles. The third-order valence-corrected chi connectivity index (χ3v) is 6.13. The Kier molecular flexibility index (Phi) is 9.68. The number of carbonyl (C=O) groups excluding carboxylic acids is 2. The average molecular weight is 486 g/mol. The van der Waals surface area contributed by atoms with Crippen LogP contribution in [0.3, 0.4) is 0 Å². The Morgan fingerprint density at radius 3 is 2.31 bits per heavy atom. The topological polar surface area (TPSA) is 99.9 Å². The van der Waals surface area contributed by atoms with E-state index < -0.39 is 0 Å². The zero-order chi connectivity index (χ0) is 25.4. The van der Waals surface area contributed by atoms with Crippen molar-refractivity contribution in [2.24, 2.45) is 0 Å². The van der Waals surface area contributed by atoms with Crippen molar-refractivity contribution < 1.29 is 18.8 Å². The van der Waals surface area contributed by atoms with Gasteiger partial charge in [0.2, 0.25) is 5.91 Å². The van der Waals surface area contributed by atoms with E-state index in [4.69, 9.17) is 9.26 Å². The Morgan fingerprint density at radius 2 is 1.74 bits per heavy atom. The number of anilines is 2. The normalized spacial score (nSPS) is 14.4. The number of urea groups is 1. The second kappa shape index (κ2) is 12.7. The van der Waals surface area contributed by atoms with Crippen molar-refractivity contribution in [3.63, 3.8) is 0 Å². The Labute approximate surface area is 208 Å². The number of nitrogens with one attached hydrogen (secondary N) is 2. The van der Waals surface area contributed by atoms with E-state index in [1.54, 1.807) is 17.9 Å². The van der Waals surface area contributed by atoms with Gasteiger partial charge in [0, 0.05) is 37.9 Å². The molecule has 2 heterocycles. The van der Waals surface area contributed by atoms with Crippen LogP contribution in [0.1, 0.15) is 62.8 Å². The fourth-order valence-electron chi connectivity index (χ4n) is 4.22. The van der Waals surface area contributed by atoms with Crippen molar-refractivity contribution in [2.75, 3.05) is 56.6 Å². The van der Waals surface area contributed by atoms with Crippen LogP contribution in [-0.4, -0.2) is 72.8 Å². The standard InChI is InChI=1S/C26H39N5O4/c1-18(2)21-8-6-9-22(19(3)4)25(21)28-26(33)31(11-7-10-30-12-14-34-15-13-30)17-24(32)27-23-16-20(5)35-29-23/h6,8-9,16,18-19H,7,10-15,17H2,1-5H3,(H,28,33)(H,27,29,32). The molecule has 1 aliphatic heterocycles. The number of aromatic nitrogens is 1. The first-order valence-electron chi connectivity index (χ1n) is 12.5. The molecule has 1 aliphatic rings. The number of aryl methyl sites for hydroxylation is 1. The highest BCUT2D eigenvalue weighted by Crippen LogP contribution is 2.32. The molecule has 1 fully saturated rings. The number of hydrogen-bond acceptors (Lipinski definition) is 6. The summed E-state index contributed by atoms with van der Waals surface area (Å²) in [5, 5.41) is 9.68. The van der Waals surface area contributed by atoms with Gasteiger partial charge in [0.15, 0.2) is 5.82 Å². The van der Waals surface area contributed by atoms with Crippen molar-refractivity contribution in [3.8, 4) is 0 Å². The Morgan fingerprint density at radius 1 is 1.09 bits per heavy atom. The maximum Gasteiger partial charge on any atom is 0.322 e. The number of carbonyl (C=O) groups is 2. The van der Waals surface area contributed by atoms with Crippen molar-refractivity contribution in [2.45, 2.75) is 52.9 Å². The molecule has 1 saturated heterocycles. The summed E-state index contributed by atoms with van der Waals surface area (Å²) in [5.41, 5.74) is 3.01. The van der Waals surface area contributed by atoms with Crippen LogP contribution in [0.4, 0.5) is 16.3 Å². The molecule has 2 N–H and O–H groups in total. The van der Waals surface area contributed by atoms with Crippen LogP contribution >= 0.6 is 0 Å². The number of hydrogen-bond donors (Lipinski definition) is 2. The molecule has 9 nitrogen and oxygen atoms in total. The zero-order valence-corrected chi connectivity index (χ0v) is 21.6. The van der Waals surface area contributed by atoms with Crippen molar-refractivity contribution in [1.82, 2.24) is 15.0 Å². The van der Waals surface area contributed by atoms with Crippen LogP contribution in [0.25, 0.3) is 0 Å². The first-order valence-corrected chi connectivity index (χ1v) is 12.5. The Bertz CT molecular complexity index is 956. The monoisotopic (exact) mass is 485 g/mol. The molecule has 3 rings (SSSR count). The third kappa shape index (κ3) is 7.80. The summed E-state index contributed by atoms with van der Waals surface area (Å²) >= 11 is 0. The second-order valence-electron chi connectivity index (χ2n) is 9.65. The average Bonchev–Trinajstić information content (AvgIpc) is 3.23. The van der Waals surface area contributed by atoms with Crippen LogP contribution in [0.5, 0.6) is 0 Å². The first-order chi connectivity index (χ1) is 16.7.